The van der Waals surface area contributed by atoms with E-state index in [1.54, 1.807) is 0 Å². The Morgan fingerprint density at radius 2 is 1.93 bits per heavy atom. The average Bonchev–Trinajstić information content (AvgIpc) is 2.18. The van der Waals surface area contributed by atoms with Gasteiger partial charge in [-0.15, -0.1) is 0 Å². The maximum Gasteiger partial charge on any atom is 0.0658 e. The van der Waals surface area contributed by atoms with E-state index in [2.05, 4.69) is 0 Å². The molecule has 0 amide bonds. The van der Waals surface area contributed by atoms with Crippen molar-refractivity contribution in [3.63, 3.8) is 0 Å². The van der Waals surface area contributed by atoms with E-state index in [0.29, 0.717) is 5.75 Å². The van der Waals surface area contributed by atoms with Gasteiger partial charge in [0.2, 0.25) is 0 Å². The molecule has 3 heteroatoms. The zero-order valence-electron chi connectivity index (χ0n) is 9.27. The fourth-order valence-corrected chi connectivity index (χ4v) is 2.53. The van der Waals surface area contributed by atoms with Crippen LogP contribution in [0.25, 0.3) is 0 Å². The summed E-state index contributed by atoms with van der Waals surface area (Å²) in [6.07, 6.45) is 1.20. The Hall–Kier alpha value is -0.670. The molecule has 1 unspecified atom stereocenters. The first-order valence-electron chi connectivity index (χ1n) is 5.26. The molecule has 0 heterocycles. The van der Waals surface area contributed by atoms with E-state index in [9.17, 15) is 9.32 Å². The van der Waals surface area contributed by atoms with Gasteiger partial charge in [-0.1, -0.05) is 31.0 Å². The molecule has 0 aliphatic heterocycles. The number of hydrogen-bond donors (Lipinski definition) is 1. The summed E-state index contributed by atoms with van der Waals surface area (Å²) in [6, 6.07) is 7.62. The lowest BCUT2D eigenvalue weighted by molar-refractivity contribution is 0.187. The van der Waals surface area contributed by atoms with E-state index < -0.39 is 16.9 Å². The fourth-order valence-electron chi connectivity index (χ4n) is 1.38. The standard InChI is InChI=1S/C12H18O2S/c1-3-4-11(13)9-15(14)12-7-5-10(2)6-8-12/h5-8,11,13H,3-4,9H2,1-2H3/t11-,15?/m0/s1. The van der Waals surface area contributed by atoms with Crippen molar-refractivity contribution in [3.05, 3.63) is 29.8 Å². The smallest absolute Gasteiger partial charge is 0.0658 e. The Morgan fingerprint density at radius 3 is 2.47 bits per heavy atom. The highest BCUT2D eigenvalue weighted by molar-refractivity contribution is 7.85. The topological polar surface area (TPSA) is 37.3 Å². The first-order chi connectivity index (χ1) is 7.13. The summed E-state index contributed by atoms with van der Waals surface area (Å²) in [5.41, 5.74) is 1.16. The van der Waals surface area contributed by atoms with Gasteiger partial charge in [-0.25, -0.2) is 0 Å². The minimum Gasteiger partial charge on any atom is -0.392 e. The summed E-state index contributed by atoms with van der Waals surface area (Å²) in [6.45, 7) is 4.01. The molecule has 2 atom stereocenters. The molecule has 0 bridgehead atoms. The normalized spacial score (nSPS) is 14.9. The van der Waals surface area contributed by atoms with Crippen LogP contribution in [0.5, 0.6) is 0 Å². The van der Waals surface area contributed by atoms with E-state index >= 15 is 0 Å². The molecule has 0 aromatic heterocycles. The van der Waals surface area contributed by atoms with Crippen LogP contribution in [0.1, 0.15) is 25.3 Å². The van der Waals surface area contributed by atoms with Crippen LogP contribution < -0.4 is 0 Å². The average molecular weight is 226 g/mol. The molecule has 1 rings (SSSR count). The van der Waals surface area contributed by atoms with E-state index in [0.717, 1.165) is 23.3 Å². The van der Waals surface area contributed by atoms with Crippen molar-refractivity contribution in [2.24, 2.45) is 0 Å². The highest BCUT2D eigenvalue weighted by atomic mass is 32.2. The monoisotopic (exact) mass is 226 g/mol. The van der Waals surface area contributed by atoms with Crippen molar-refractivity contribution in [3.8, 4) is 0 Å². The van der Waals surface area contributed by atoms with Crippen molar-refractivity contribution in [2.75, 3.05) is 5.75 Å². The second-order valence-corrected chi connectivity index (χ2v) is 5.26. The fraction of sp³-hybridized carbons (Fsp3) is 0.500. The number of rotatable bonds is 5. The van der Waals surface area contributed by atoms with Crippen molar-refractivity contribution in [2.45, 2.75) is 37.7 Å². The van der Waals surface area contributed by atoms with Crippen molar-refractivity contribution in [1.29, 1.82) is 0 Å². The highest BCUT2D eigenvalue weighted by Crippen LogP contribution is 2.10. The predicted molar refractivity (Wildman–Crippen MR) is 63.4 cm³/mol. The van der Waals surface area contributed by atoms with Crippen LogP contribution in [0.2, 0.25) is 0 Å². The van der Waals surface area contributed by atoms with Gasteiger partial charge in [0.05, 0.1) is 22.7 Å². The van der Waals surface area contributed by atoms with Crippen LogP contribution in [0.15, 0.2) is 29.2 Å². The molecule has 15 heavy (non-hydrogen) atoms. The first-order valence-corrected chi connectivity index (χ1v) is 6.58. The predicted octanol–water partition coefficient (Wildman–Crippen LogP) is 2.26. The highest BCUT2D eigenvalue weighted by Gasteiger charge is 2.10. The molecule has 0 saturated carbocycles. The van der Waals surface area contributed by atoms with Crippen LogP contribution in [-0.4, -0.2) is 21.2 Å². The summed E-state index contributed by atoms with van der Waals surface area (Å²) in [4.78, 5) is 0.802. The Bertz CT molecular complexity index is 319. The molecule has 0 fully saturated rings. The zero-order chi connectivity index (χ0) is 11.3. The van der Waals surface area contributed by atoms with Crippen LogP contribution in [0, 0.1) is 6.92 Å². The second-order valence-electron chi connectivity index (χ2n) is 3.77. The van der Waals surface area contributed by atoms with Crippen molar-refractivity contribution < 1.29 is 9.32 Å². The van der Waals surface area contributed by atoms with Gasteiger partial charge in [0.15, 0.2) is 0 Å². The van der Waals surface area contributed by atoms with E-state index in [-0.39, 0.29) is 0 Å². The number of hydrogen-bond acceptors (Lipinski definition) is 2. The quantitative estimate of drug-likeness (QED) is 0.836. The summed E-state index contributed by atoms with van der Waals surface area (Å²) >= 11 is 0. The molecule has 0 spiro atoms. The molecule has 1 aromatic carbocycles. The van der Waals surface area contributed by atoms with Gasteiger partial charge in [0.1, 0.15) is 0 Å². The van der Waals surface area contributed by atoms with Gasteiger partial charge in [0.25, 0.3) is 0 Å². The third kappa shape index (κ3) is 4.14. The second kappa shape index (κ2) is 6.03. The Balaban J connectivity index is 2.57. The van der Waals surface area contributed by atoms with E-state index in [1.165, 1.54) is 0 Å². The lowest BCUT2D eigenvalue weighted by Crippen LogP contribution is -2.16. The number of benzene rings is 1. The molecule has 0 radical (unpaired) electrons. The van der Waals surface area contributed by atoms with Gasteiger partial charge in [0, 0.05) is 4.90 Å². The third-order valence-electron chi connectivity index (χ3n) is 2.25. The van der Waals surface area contributed by atoms with Gasteiger partial charge in [-0.2, -0.15) is 0 Å². The number of aryl methyl sites for hydroxylation is 1. The Kier molecular flexibility index (Phi) is 4.99. The summed E-state index contributed by atoms with van der Waals surface area (Å²) < 4.78 is 11.8. The minimum atomic E-state index is -1.07. The van der Waals surface area contributed by atoms with Crippen LogP contribution >= 0.6 is 0 Å². The summed E-state index contributed by atoms with van der Waals surface area (Å²) in [5, 5.41) is 9.54. The number of aliphatic hydroxyl groups is 1. The first kappa shape index (κ1) is 12.4. The van der Waals surface area contributed by atoms with Crippen molar-refractivity contribution in [1.82, 2.24) is 0 Å². The van der Waals surface area contributed by atoms with Gasteiger partial charge < -0.3 is 5.11 Å². The Labute approximate surface area is 93.8 Å². The van der Waals surface area contributed by atoms with Gasteiger partial charge in [-0.3, -0.25) is 4.21 Å². The molecule has 0 saturated heterocycles. The minimum absolute atomic E-state index is 0.344. The molecule has 1 N–H and O–H groups in total. The molecule has 2 nitrogen and oxygen atoms in total. The lowest BCUT2D eigenvalue weighted by Gasteiger charge is -2.08. The maximum atomic E-state index is 11.8. The third-order valence-corrected chi connectivity index (χ3v) is 3.74. The molecular weight excluding hydrogens is 208 g/mol. The zero-order valence-corrected chi connectivity index (χ0v) is 10.1. The van der Waals surface area contributed by atoms with Crippen LogP contribution in [0.4, 0.5) is 0 Å². The van der Waals surface area contributed by atoms with Gasteiger partial charge >= 0.3 is 0 Å². The van der Waals surface area contributed by atoms with Crippen LogP contribution in [0.3, 0.4) is 0 Å². The largest absolute Gasteiger partial charge is 0.392 e. The maximum absolute atomic E-state index is 11.8. The lowest BCUT2D eigenvalue weighted by atomic mass is 10.2. The van der Waals surface area contributed by atoms with Crippen LogP contribution in [-0.2, 0) is 10.8 Å². The van der Waals surface area contributed by atoms with E-state index in [4.69, 9.17) is 0 Å². The summed E-state index contributed by atoms with van der Waals surface area (Å²) in [5.74, 6) is 0.344. The number of aliphatic hydroxyl groups excluding tert-OH is 1. The molecule has 1 aromatic rings. The molecule has 84 valence electrons. The molecule has 0 aliphatic carbocycles. The molecule has 0 aliphatic rings. The Morgan fingerprint density at radius 1 is 1.33 bits per heavy atom. The SMILES string of the molecule is CCC[C@H](O)CS(=O)c1ccc(C)cc1. The van der Waals surface area contributed by atoms with Crippen molar-refractivity contribution >= 4 is 10.8 Å². The molecular formula is C12H18O2S. The van der Waals surface area contributed by atoms with E-state index in [1.807, 2.05) is 38.1 Å². The van der Waals surface area contributed by atoms with Gasteiger partial charge in [-0.05, 0) is 25.5 Å². The summed E-state index contributed by atoms with van der Waals surface area (Å²) in [7, 11) is -1.07.